The van der Waals surface area contributed by atoms with Gasteiger partial charge in [0.1, 0.15) is 0 Å². The summed E-state index contributed by atoms with van der Waals surface area (Å²) in [6, 6.07) is 8.52. The van der Waals surface area contributed by atoms with Crippen molar-refractivity contribution in [3.05, 3.63) is 47.3 Å². The minimum absolute atomic E-state index is 0.0328. The van der Waals surface area contributed by atoms with Crippen LogP contribution >= 0.6 is 0 Å². The van der Waals surface area contributed by atoms with E-state index >= 15 is 0 Å². The van der Waals surface area contributed by atoms with Crippen LogP contribution in [0.3, 0.4) is 0 Å². The van der Waals surface area contributed by atoms with Crippen LogP contribution < -0.4 is 5.32 Å². The molecule has 0 spiro atoms. The van der Waals surface area contributed by atoms with Crippen LogP contribution in [0.1, 0.15) is 47.4 Å². The number of anilines is 1. The van der Waals surface area contributed by atoms with Crippen LogP contribution in [0.2, 0.25) is 0 Å². The average molecular weight is 288 g/mol. The van der Waals surface area contributed by atoms with E-state index in [0.717, 1.165) is 11.6 Å². The molecule has 21 heavy (non-hydrogen) atoms. The van der Waals surface area contributed by atoms with E-state index in [2.05, 4.69) is 35.8 Å². The fourth-order valence-corrected chi connectivity index (χ4v) is 1.73. The van der Waals surface area contributed by atoms with Gasteiger partial charge >= 0.3 is 5.97 Å². The van der Waals surface area contributed by atoms with E-state index < -0.39 is 11.9 Å². The summed E-state index contributed by atoms with van der Waals surface area (Å²) in [7, 11) is 0. The molecule has 6 heteroatoms. The van der Waals surface area contributed by atoms with Gasteiger partial charge in [-0.1, -0.05) is 38.1 Å². The van der Waals surface area contributed by atoms with Crippen LogP contribution in [0.25, 0.3) is 0 Å². The van der Waals surface area contributed by atoms with Gasteiger partial charge < -0.3 is 14.9 Å². The molecule has 0 unspecified atom stereocenters. The van der Waals surface area contributed by atoms with E-state index in [4.69, 9.17) is 5.11 Å². The lowest BCUT2D eigenvalue weighted by atomic mass is 9.87. The first-order valence-electron chi connectivity index (χ1n) is 6.39. The Kier molecular flexibility index (Phi) is 3.80. The van der Waals surface area contributed by atoms with Gasteiger partial charge in [-0.3, -0.25) is 4.79 Å². The quantitative estimate of drug-likeness (QED) is 0.905. The van der Waals surface area contributed by atoms with Crippen molar-refractivity contribution < 1.29 is 19.2 Å². The normalized spacial score (nSPS) is 11.2. The van der Waals surface area contributed by atoms with Crippen molar-refractivity contribution in [2.24, 2.45) is 0 Å². The number of amides is 1. The highest BCUT2D eigenvalue weighted by molar-refractivity contribution is 6.03. The minimum Gasteiger partial charge on any atom is -0.475 e. The topological polar surface area (TPSA) is 92.4 Å². The van der Waals surface area contributed by atoms with Crippen molar-refractivity contribution >= 4 is 17.6 Å². The molecule has 0 aliphatic rings. The third-order valence-corrected chi connectivity index (χ3v) is 2.96. The predicted octanol–water partition coefficient (Wildman–Crippen LogP) is 2.92. The van der Waals surface area contributed by atoms with Crippen LogP contribution in [-0.4, -0.2) is 22.1 Å². The van der Waals surface area contributed by atoms with Gasteiger partial charge in [-0.25, -0.2) is 4.79 Å². The van der Waals surface area contributed by atoms with E-state index in [0.29, 0.717) is 5.69 Å². The molecule has 110 valence electrons. The number of carboxylic acid groups (broad SMARTS) is 1. The highest BCUT2D eigenvalue weighted by Gasteiger charge is 2.17. The summed E-state index contributed by atoms with van der Waals surface area (Å²) in [6.45, 7) is 6.30. The molecule has 2 aromatic rings. The second-order valence-corrected chi connectivity index (χ2v) is 5.66. The molecular formula is C15H16N2O4. The maximum Gasteiger partial charge on any atom is 0.374 e. The van der Waals surface area contributed by atoms with Gasteiger partial charge in [-0.2, -0.15) is 0 Å². The van der Waals surface area contributed by atoms with E-state index in [1.54, 1.807) is 12.1 Å². The van der Waals surface area contributed by atoms with Crippen LogP contribution in [0.5, 0.6) is 0 Å². The van der Waals surface area contributed by atoms with Crippen LogP contribution in [0, 0.1) is 0 Å². The first kappa shape index (κ1) is 14.8. The average Bonchev–Trinajstić information content (AvgIpc) is 2.88. The number of carboxylic acids is 1. The Balaban J connectivity index is 2.10. The molecule has 0 aliphatic carbocycles. The van der Waals surface area contributed by atoms with Gasteiger partial charge in [0.05, 0.1) is 0 Å². The molecule has 1 aromatic carbocycles. The van der Waals surface area contributed by atoms with Gasteiger partial charge in [-0.05, 0) is 23.1 Å². The Morgan fingerprint density at radius 3 is 2.29 bits per heavy atom. The minimum atomic E-state index is -1.27. The third-order valence-electron chi connectivity index (χ3n) is 2.96. The number of rotatable bonds is 3. The molecule has 0 atom stereocenters. The highest BCUT2D eigenvalue weighted by atomic mass is 16.5. The zero-order valence-electron chi connectivity index (χ0n) is 12.0. The molecular weight excluding hydrogens is 272 g/mol. The van der Waals surface area contributed by atoms with E-state index in [1.807, 2.05) is 12.1 Å². The van der Waals surface area contributed by atoms with Crippen molar-refractivity contribution in [2.45, 2.75) is 26.2 Å². The van der Waals surface area contributed by atoms with Crippen molar-refractivity contribution in [1.82, 2.24) is 5.16 Å². The SMILES string of the molecule is CC(C)(C)c1ccc(NC(=O)c2cc(C(=O)O)on2)cc1. The second-order valence-electron chi connectivity index (χ2n) is 5.66. The number of hydrogen-bond donors (Lipinski definition) is 2. The summed E-state index contributed by atoms with van der Waals surface area (Å²) in [6.07, 6.45) is 0. The van der Waals surface area contributed by atoms with Crippen molar-refractivity contribution in [3.63, 3.8) is 0 Å². The largest absolute Gasteiger partial charge is 0.475 e. The lowest BCUT2D eigenvalue weighted by Gasteiger charge is -2.19. The Bertz CT molecular complexity index is 666. The molecule has 1 heterocycles. The fourth-order valence-electron chi connectivity index (χ4n) is 1.73. The molecule has 1 aromatic heterocycles. The molecule has 2 N–H and O–H groups in total. The number of benzene rings is 1. The maximum absolute atomic E-state index is 11.9. The number of hydrogen-bond acceptors (Lipinski definition) is 4. The number of aromatic nitrogens is 1. The monoisotopic (exact) mass is 288 g/mol. The standard InChI is InChI=1S/C15H16N2O4/c1-15(2,3)9-4-6-10(7-5-9)16-13(18)11-8-12(14(19)20)21-17-11/h4-8H,1-3H3,(H,16,18)(H,19,20). The van der Waals surface area contributed by atoms with Crippen molar-refractivity contribution in [3.8, 4) is 0 Å². The van der Waals surface area contributed by atoms with Gasteiger partial charge in [0.25, 0.3) is 5.91 Å². The zero-order chi connectivity index (χ0) is 15.6. The van der Waals surface area contributed by atoms with Crippen molar-refractivity contribution in [1.29, 1.82) is 0 Å². The molecule has 2 rings (SSSR count). The first-order valence-corrected chi connectivity index (χ1v) is 6.39. The molecule has 0 radical (unpaired) electrons. The first-order chi connectivity index (χ1) is 9.77. The predicted molar refractivity (Wildman–Crippen MR) is 76.6 cm³/mol. The molecule has 1 amide bonds. The summed E-state index contributed by atoms with van der Waals surface area (Å²) in [4.78, 5) is 22.6. The summed E-state index contributed by atoms with van der Waals surface area (Å²) < 4.78 is 4.54. The van der Waals surface area contributed by atoms with Gasteiger partial charge in [0.2, 0.25) is 5.76 Å². The lowest BCUT2D eigenvalue weighted by molar-refractivity contribution is 0.0651. The van der Waals surface area contributed by atoms with Crippen LogP contribution in [-0.2, 0) is 5.41 Å². The van der Waals surface area contributed by atoms with Crippen molar-refractivity contribution in [2.75, 3.05) is 5.32 Å². The summed E-state index contributed by atoms with van der Waals surface area (Å²) in [5, 5.41) is 14.8. The van der Waals surface area contributed by atoms with E-state index in [9.17, 15) is 9.59 Å². The summed E-state index contributed by atoms with van der Waals surface area (Å²) >= 11 is 0. The number of aromatic carboxylic acids is 1. The van der Waals surface area contributed by atoms with E-state index in [-0.39, 0.29) is 16.9 Å². The molecule has 6 nitrogen and oxygen atoms in total. The van der Waals surface area contributed by atoms with E-state index in [1.165, 1.54) is 0 Å². The Labute approximate surface area is 121 Å². The van der Waals surface area contributed by atoms with Gasteiger partial charge in [0, 0.05) is 11.8 Å². The molecule has 0 saturated carbocycles. The van der Waals surface area contributed by atoms with Crippen LogP contribution in [0.15, 0.2) is 34.9 Å². The Hall–Kier alpha value is -2.63. The maximum atomic E-state index is 11.9. The third kappa shape index (κ3) is 3.47. The number of nitrogens with one attached hydrogen (secondary N) is 1. The zero-order valence-corrected chi connectivity index (χ0v) is 12.0. The molecule has 0 saturated heterocycles. The van der Waals surface area contributed by atoms with Gasteiger partial charge in [-0.15, -0.1) is 0 Å². The number of carbonyl (C=O) groups excluding carboxylic acids is 1. The lowest BCUT2D eigenvalue weighted by Crippen LogP contribution is -2.13. The fraction of sp³-hybridized carbons (Fsp3) is 0.267. The highest BCUT2D eigenvalue weighted by Crippen LogP contribution is 2.23. The summed E-state index contributed by atoms with van der Waals surface area (Å²) in [5.41, 5.74) is 1.71. The summed E-state index contributed by atoms with van der Waals surface area (Å²) in [5.74, 6) is -2.16. The Morgan fingerprint density at radius 2 is 1.81 bits per heavy atom. The van der Waals surface area contributed by atoms with Gasteiger partial charge in [0.15, 0.2) is 5.69 Å². The number of carbonyl (C=O) groups is 2. The molecule has 0 fully saturated rings. The molecule has 0 aliphatic heterocycles. The Morgan fingerprint density at radius 1 is 1.19 bits per heavy atom. The second kappa shape index (κ2) is 5.40. The molecule has 0 bridgehead atoms. The van der Waals surface area contributed by atoms with Crippen LogP contribution in [0.4, 0.5) is 5.69 Å². The number of nitrogens with zero attached hydrogens (tertiary/aromatic N) is 1. The smallest absolute Gasteiger partial charge is 0.374 e.